The molecule has 0 radical (unpaired) electrons. The van der Waals surface area contributed by atoms with Gasteiger partial charge in [0.1, 0.15) is 0 Å². The van der Waals surface area contributed by atoms with Gasteiger partial charge in [-0.25, -0.2) is 4.98 Å². The van der Waals surface area contributed by atoms with E-state index >= 15 is 0 Å². The Morgan fingerprint density at radius 2 is 2.47 bits per heavy atom. The molecule has 1 aliphatic heterocycles. The van der Waals surface area contributed by atoms with Gasteiger partial charge in [0.05, 0.1) is 18.0 Å². The fourth-order valence-electron chi connectivity index (χ4n) is 2.33. The van der Waals surface area contributed by atoms with Crippen LogP contribution in [-0.4, -0.2) is 22.5 Å². The Labute approximate surface area is 89.1 Å². The first-order valence-electron chi connectivity index (χ1n) is 5.56. The van der Waals surface area contributed by atoms with Crippen molar-refractivity contribution < 1.29 is 0 Å². The van der Waals surface area contributed by atoms with Crippen molar-refractivity contribution in [2.24, 2.45) is 0 Å². The minimum Gasteiger partial charge on any atom is -0.316 e. The molecule has 15 heavy (non-hydrogen) atoms. The largest absolute Gasteiger partial charge is 0.316 e. The van der Waals surface area contributed by atoms with Crippen molar-refractivity contribution in [3.8, 4) is 0 Å². The molecule has 78 valence electrons. The molecule has 1 N–H and O–H groups in total. The van der Waals surface area contributed by atoms with Gasteiger partial charge in [0, 0.05) is 12.7 Å². The molecule has 0 aliphatic carbocycles. The van der Waals surface area contributed by atoms with Gasteiger partial charge in [-0.2, -0.15) is 0 Å². The Morgan fingerprint density at radius 1 is 1.47 bits per heavy atom. The van der Waals surface area contributed by atoms with Gasteiger partial charge in [-0.05, 0) is 43.0 Å². The number of rotatable bonds is 1. The standard InChI is InChI=1S/C12H15N3/c1-2-11(7-13-4-1)10-3-5-15-9-14-8-12(15)6-10/h3,5-6,8-9,11,13H,1-2,4,7H2. The molecule has 0 aromatic carbocycles. The lowest BCUT2D eigenvalue weighted by Gasteiger charge is -2.23. The average Bonchev–Trinajstić information content (AvgIpc) is 2.77. The number of piperidine rings is 1. The Balaban J connectivity index is 1.95. The SMILES string of the molecule is c1cn2cncc2cc1C1CCCNC1. The molecule has 0 saturated carbocycles. The molecular weight excluding hydrogens is 186 g/mol. The van der Waals surface area contributed by atoms with Gasteiger partial charge < -0.3 is 9.72 Å². The van der Waals surface area contributed by atoms with Crippen LogP contribution in [-0.2, 0) is 0 Å². The summed E-state index contributed by atoms with van der Waals surface area (Å²) < 4.78 is 2.06. The summed E-state index contributed by atoms with van der Waals surface area (Å²) >= 11 is 0. The third-order valence-corrected chi connectivity index (χ3v) is 3.21. The summed E-state index contributed by atoms with van der Waals surface area (Å²) in [6, 6.07) is 4.47. The first-order valence-corrected chi connectivity index (χ1v) is 5.56. The Morgan fingerprint density at radius 3 is 3.33 bits per heavy atom. The summed E-state index contributed by atoms with van der Waals surface area (Å²) in [6.45, 7) is 2.29. The number of aromatic nitrogens is 2. The van der Waals surface area contributed by atoms with Crippen LogP contribution in [0.4, 0.5) is 0 Å². The normalized spacial score (nSPS) is 22.0. The van der Waals surface area contributed by atoms with Crippen molar-refractivity contribution in [1.82, 2.24) is 14.7 Å². The molecule has 3 rings (SSSR count). The van der Waals surface area contributed by atoms with Gasteiger partial charge in [0.2, 0.25) is 0 Å². The van der Waals surface area contributed by atoms with Gasteiger partial charge in [0.15, 0.2) is 0 Å². The van der Waals surface area contributed by atoms with Crippen molar-refractivity contribution in [2.75, 3.05) is 13.1 Å². The highest BCUT2D eigenvalue weighted by Crippen LogP contribution is 2.23. The van der Waals surface area contributed by atoms with Gasteiger partial charge in [0.25, 0.3) is 0 Å². The number of imidazole rings is 1. The van der Waals surface area contributed by atoms with E-state index in [9.17, 15) is 0 Å². The van der Waals surface area contributed by atoms with Crippen LogP contribution in [0.15, 0.2) is 30.9 Å². The molecule has 3 nitrogen and oxygen atoms in total. The predicted molar refractivity (Wildman–Crippen MR) is 60.0 cm³/mol. The van der Waals surface area contributed by atoms with E-state index in [1.54, 1.807) is 0 Å². The van der Waals surface area contributed by atoms with E-state index in [1.165, 1.54) is 30.5 Å². The molecule has 1 fully saturated rings. The van der Waals surface area contributed by atoms with E-state index in [2.05, 4.69) is 33.0 Å². The molecule has 0 amide bonds. The van der Waals surface area contributed by atoms with Crippen LogP contribution in [0.2, 0.25) is 0 Å². The highest BCUT2D eigenvalue weighted by atomic mass is 15.0. The number of nitrogens with zero attached hydrogens (tertiary/aromatic N) is 2. The Bertz CT molecular complexity index is 455. The minimum atomic E-state index is 0.679. The zero-order valence-corrected chi connectivity index (χ0v) is 8.69. The predicted octanol–water partition coefficient (Wildman–Crippen LogP) is 1.80. The van der Waals surface area contributed by atoms with Crippen molar-refractivity contribution >= 4 is 5.52 Å². The molecule has 2 aromatic rings. The summed E-state index contributed by atoms with van der Waals surface area (Å²) in [7, 11) is 0. The number of hydrogen-bond acceptors (Lipinski definition) is 2. The van der Waals surface area contributed by atoms with Crippen LogP contribution >= 0.6 is 0 Å². The lowest BCUT2D eigenvalue weighted by molar-refractivity contribution is 0.461. The molecule has 1 unspecified atom stereocenters. The molecule has 1 atom stereocenters. The number of nitrogens with one attached hydrogen (secondary N) is 1. The quantitative estimate of drug-likeness (QED) is 0.762. The van der Waals surface area contributed by atoms with Crippen molar-refractivity contribution in [1.29, 1.82) is 0 Å². The van der Waals surface area contributed by atoms with E-state index in [0.717, 1.165) is 6.54 Å². The van der Waals surface area contributed by atoms with Gasteiger partial charge >= 0.3 is 0 Å². The monoisotopic (exact) mass is 201 g/mol. The maximum Gasteiger partial charge on any atom is 0.0991 e. The molecule has 3 heterocycles. The molecule has 0 bridgehead atoms. The summed E-state index contributed by atoms with van der Waals surface area (Å²) in [5.41, 5.74) is 2.63. The van der Waals surface area contributed by atoms with Crippen molar-refractivity contribution in [3.63, 3.8) is 0 Å². The fourth-order valence-corrected chi connectivity index (χ4v) is 2.33. The minimum absolute atomic E-state index is 0.679. The first kappa shape index (κ1) is 8.92. The number of fused-ring (bicyclic) bond motifs is 1. The second-order valence-electron chi connectivity index (χ2n) is 4.23. The topological polar surface area (TPSA) is 29.3 Å². The summed E-state index contributed by atoms with van der Waals surface area (Å²) in [5, 5.41) is 3.45. The third-order valence-electron chi connectivity index (χ3n) is 3.21. The number of hydrogen-bond donors (Lipinski definition) is 1. The highest BCUT2D eigenvalue weighted by Gasteiger charge is 2.15. The molecule has 3 heteroatoms. The second-order valence-corrected chi connectivity index (χ2v) is 4.23. The van der Waals surface area contributed by atoms with Crippen LogP contribution in [0, 0.1) is 0 Å². The van der Waals surface area contributed by atoms with Crippen LogP contribution in [0.5, 0.6) is 0 Å². The fraction of sp³-hybridized carbons (Fsp3) is 0.417. The average molecular weight is 201 g/mol. The summed E-state index contributed by atoms with van der Waals surface area (Å²) in [5.74, 6) is 0.679. The molecule has 0 spiro atoms. The van der Waals surface area contributed by atoms with Crippen LogP contribution < -0.4 is 5.32 Å². The van der Waals surface area contributed by atoms with E-state index in [4.69, 9.17) is 0 Å². The summed E-state index contributed by atoms with van der Waals surface area (Å²) in [4.78, 5) is 4.13. The van der Waals surface area contributed by atoms with E-state index < -0.39 is 0 Å². The lowest BCUT2D eigenvalue weighted by atomic mass is 9.92. The zero-order chi connectivity index (χ0) is 10.1. The first-order chi connectivity index (χ1) is 7.43. The van der Waals surface area contributed by atoms with Crippen molar-refractivity contribution in [3.05, 3.63) is 36.4 Å². The summed E-state index contributed by atoms with van der Waals surface area (Å²) in [6.07, 6.45) is 8.46. The highest BCUT2D eigenvalue weighted by molar-refractivity contribution is 5.47. The van der Waals surface area contributed by atoms with Gasteiger partial charge in [-0.1, -0.05) is 0 Å². The molecular formula is C12H15N3. The van der Waals surface area contributed by atoms with E-state index in [0.29, 0.717) is 5.92 Å². The molecule has 1 saturated heterocycles. The van der Waals surface area contributed by atoms with E-state index in [1.807, 2.05) is 12.5 Å². The van der Waals surface area contributed by atoms with E-state index in [-0.39, 0.29) is 0 Å². The Hall–Kier alpha value is -1.35. The number of pyridine rings is 1. The third kappa shape index (κ3) is 1.63. The maximum atomic E-state index is 4.13. The van der Waals surface area contributed by atoms with Crippen LogP contribution in [0.1, 0.15) is 24.3 Å². The van der Waals surface area contributed by atoms with Gasteiger partial charge in [-0.15, -0.1) is 0 Å². The zero-order valence-electron chi connectivity index (χ0n) is 8.69. The van der Waals surface area contributed by atoms with Crippen LogP contribution in [0.25, 0.3) is 5.52 Å². The smallest absolute Gasteiger partial charge is 0.0991 e. The maximum absolute atomic E-state index is 4.13. The lowest BCUT2D eigenvalue weighted by Crippen LogP contribution is -2.28. The van der Waals surface area contributed by atoms with Crippen LogP contribution in [0.3, 0.4) is 0 Å². The van der Waals surface area contributed by atoms with Crippen molar-refractivity contribution in [2.45, 2.75) is 18.8 Å². The van der Waals surface area contributed by atoms with Gasteiger partial charge in [-0.3, -0.25) is 0 Å². The second kappa shape index (κ2) is 3.66. The molecule has 1 aliphatic rings. The molecule has 2 aromatic heterocycles. The Kier molecular flexibility index (Phi) is 2.18.